The zero-order valence-electron chi connectivity index (χ0n) is 11.4. The van der Waals surface area contributed by atoms with Gasteiger partial charge in [0, 0.05) is 37.9 Å². The largest absolute Gasteiger partial charge is 0.386 e. The van der Waals surface area contributed by atoms with Crippen LogP contribution in [0.3, 0.4) is 0 Å². The molecule has 1 aliphatic rings. The van der Waals surface area contributed by atoms with Crippen molar-refractivity contribution < 1.29 is 9.84 Å². The quantitative estimate of drug-likeness (QED) is 0.836. The summed E-state index contributed by atoms with van der Waals surface area (Å²) in [5.74, 6) is 0. The Hall–Kier alpha value is -0.910. The Kier molecular flexibility index (Phi) is 3.75. The summed E-state index contributed by atoms with van der Waals surface area (Å²) in [5, 5.41) is 17.7. The van der Waals surface area contributed by atoms with Gasteiger partial charge in [-0.3, -0.25) is 4.68 Å². The monoisotopic (exact) mass is 253 g/mol. The molecule has 0 aliphatic carbocycles. The van der Waals surface area contributed by atoms with Crippen LogP contribution in [-0.2, 0) is 16.8 Å². The molecule has 0 bridgehead atoms. The van der Waals surface area contributed by atoms with Crippen LogP contribution in [0, 0.1) is 0 Å². The van der Waals surface area contributed by atoms with E-state index in [-0.39, 0.29) is 5.54 Å². The lowest BCUT2D eigenvalue weighted by atomic mass is 10.0. The maximum atomic E-state index is 10.1. The molecule has 1 aromatic heterocycles. The first kappa shape index (κ1) is 13.5. The molecule has 1 aliphatic heterocycles. The molecular formula is C13H23N3O2. The average molecular weight is 253 g/mol. The van der Waals surface area contributed by atoms with Crippen molar-refractivity contribution in [3.05, 3.63) is 18.0 Å². The van der Waals surface area contributed by atoms with Gasteiger partial charge in [-0.05, 0) is 20.8 Å². The minimum atomic E-state index is -0.694. The summed E-state index contributed by atoms with van der Waals surface area (Å²) in [4.78, 5) is 0. The van der Waals surface area contributed by atoms with Gasteiger partial charge >= 0.3 is 0 Å². The molecule has 1 aromatic rings. The third-order valence-corrected chi connectivity index (χ3v) is 3.19. The SMILES string of the molecule is CC(C)(C)n1cc(CNCC2(O)CCOC2)cn1. The fraction of sp³-hybridized carbons (Fsp3) is 0.769. The van der Waals surface area contributed by atoms with Gasteiger partial charge < -0.3 is 15.2 Å². The second-order valence-corrected chi connectivity index (χ2v) is 6.09. The van der Waals surface area contributed by atoms with E-state index in [0.29, 0.717) is 26.2 Å². The number of rotatable bonds is 4. The molecule has 5 nitrogen and oxygen atoms in total. The summed E-state index contributed by atoms with van der Waals surface area (Å²) in [6, 6.07) is 0. The average Bonchev–Trinajstić information content (AvgIpc) is 2.87. The number of nitrogens with zero attached hydrogens (tertiary/aromatic N) is 2. The summed E-state index contributed by atoms with van der Waals surface area (Å²) in [6.45, 7) is 8.73. The van der Waals surface area contributed by atoms with Crippen molar-refractivity contribution >= 4 is 0 Å². The van der Waals surface area contributed by atoms with Gasteiger partial charge in [0.25, 0.3) is 0 Å². The predicted octanol–water partition coefficient (Wildman–Crippen LogP) is 0.879. The van der Waals surface area contributed by atoms with E-state index in [1.54, 1.807) is 0 Å². The zero-order chi connectivity index (χ0) is 13.2. The van der Waals surface area contributed by atoms with Crippen LogP contribution in [0.5, 0.6) is 0 Å². The molecule has 2 N–H and O–H groups in total. The van der Waals surface area contributed by atoms with Gasteiger partial charge in [0.05, 0.1) is 18.3 Å². The van der Waals surface area contributed by atoms with Gasteiger partial charge in [-0.2, -0.15) is 5.10 Å². The highest BCUT2D eigenvalue weighted by Crippen LogP contribution is 2.17. The van der Waals surface area contributed by atoms with Gasteiger partial charge in [-0.1, -0.05) is 0 Å². The topological polar surface area (TPSA) is 59.3 Å². The second kappa shape index (κ2) is 4.99. The van der Waals surface area contributed by atoms with Gasteiger partial charge in [-0.25, -0.2) is 0 Å². The standard InChI is InChI=1S/C13H23N3O2/c1-12(2,3)16-8-11(7-15-16)6-14-9-13(17)4-5-18-10-13/h7-8,14,17H,4-6,9-10H2,1-3H3. The molecule has 0 radical (unpaired) electrons. The van der Waals surface area contributed by atoms with Crippen LogP contribution in [0.4, 0.5) is 0 Å². The summed E-state index contributed by atoms with van der Waals surface area (Å²) in [7, 11) is 0. The molecule has 0 spiro atoms. The van der Waals surface area contributed by atoms with Crippen molar-refractivity contribution in [1.82, 2.24) is 15.1 Å². The Morgan fingerprint density at radius 1 is 1.56 bits per heavy atom. The first-order valence-corrected chi connectivity index (χ1v) is 6.44. The van der Waals surface area contributed by atoms with Gasteiger partial charge in [0.2, 0.25) is 0 Å². The minimum absolute atomic E-state index is 0.00967. The van der Waals surface area contributed by atoms with E-state index in [9.17, 15) is 5.11 Å². The highest BCUT2D eigenvalue weighted by Gasteiger charge is 2.31. The van der Waals surface area contributed by atoms with E-state index in [2.05, 4.69) is 31.2 Å². The molecule has 0 aromatic carbocycles. The van der Waals surface area contributed by atoms with Gasteiger partial charge in [0.15, 0.2) is 0 Å². The number of ether oxygens (including phenoxy) is 1. The summed E-state index contributed by atoms with van der Waals surface area (Å²) >= 11 is 0. The lowest BCUT2D eigenvalue weighted by Gasteiger charge is -2.20. The van der Waals surface area contributed by atoms with Crippen LogP contribution < -0.4 is 5.32 Å². The molecule has 2 heterocycles. The highest BCUT2D eigenvalue weighted by molar-refractivity contribution is 5.05. The van der Waals surface area contributed by atoms with Crippen LogP contribution in [0.15, 0.2) is 12.4 Å². The molecule has 1 saturated heterocycles. The van der Waals surface area contributed by atoms with E-state index in [4.69, 9.17) is 4.74 Å². The fourth-order valence-corrected chi connectivity index (χ4v) is 1.99. The molecule has 102 valence electrons. The van der Waals surface area contributed by atoms with Crippen molar-refractivity contribution in [3.8, 4) is 0 Å². The molecule has 5 heteroatoms. The van der Waals surface area contributed by atoms with Crippen LogP contribution >= 0.6 is 0 Å². The Labute approximate surface area is 108 Å². The van der Waals surface area contributed by atoms with Crippen LogP contribution in [0.1, 0.15) is 32.8 Å². The van der Waals surface area contributed by atoms with Gasteiger partial charge in [0.1, 0.15) is 5.60 Å². The van der Waals surface area contributed by atoms with Crippen molar-refractivity contribution in [2.24, 2.45) is 0 Å². The molecule has 0 amide bonds. The third-order valence-electron chi connectivity index (χ3n) is 3.19. The first-order chi connectivity index (χ1) is 8.39. The molecule has 1 fully saturated rings. The van der Waals surface area contributed by atoms with E-state index >= 15 is 0 Å². The lowest BCUT2D eigenvalue weighted by molar-refractivity contribution is 0.0268. The van der Waals surface area contributed by atoms with E-state index in [0.717, 1.165) is 12.1 Å². The Morgan fingerprint density at radius 2 is 2.33 bits per heavy atom. The minimum Gasteiger partial charge on any atom is -0.386 e. The molecule has 18 heavy (non-hydrogen) atoms. The third kappa shape index (κ3) is 3.31. The molecule has 0 saturated carbocycles. The van der Waals surface area contributed by atoms with Gasteiger partial charge in [-0.15, -0.1) is 0 Å². The number of aromatic nitrogens is 2. The molecule has 1 atom stereocenters. The van der Waals surface area contributed by atoms with E-state index in [1.165, 1.54) is 0 Å². The predicted molar refractivity (Wildman–Crippen MR) is 69.3 cm³/mol. The molecular weight excluding hydrogens is 230 g/mol. The Bertz CT molecular complexity index is 389. The van der Waals surface area contributed by atoms with E-state index < -0.39 is 5.60 Å². The summed E-state index contributed by atoms with van der Waals surface area (Å²) in [5.41, 5.74) is 0.447. The van der Waals surface area contributed by atoms with Crippen molar-refractivity contribution in [2.75, 3.05) is 19.8 Å². The Morgan fingerprint density at radius 3 is 2.89 bits per heavy atom. The number of hydrogen-bond donors (Lipinski definition) is 2. The number of aliphatic hydroxyl groups is 1. The number of hydrogen-bond acceptors (Lipinski definition) is 4. The highest BCUT2D eigenvalue weighted by atomic mass is 16.5. The maximum Gasteiger partial charge on any atom is 0.102 e. The van der Waals surface area contributed by atoms with E-state index in [1.807, 2.05) is 17.1 Å². The van der Waals surface area contributed by atoms with Crippen molar-refractivity contribution in [2.45, 2.75) is 44.9 Å². The van der Waals surface area contributed by atoms with Crippen LogP contribution in [0.25, 0.3) is 0 Å². The molecule has 2 rings (SSSR count). The normalized spacial score (nSPS) is 24.7. The van der Waals surface area contributed by atoms with Crippen LogP contribution in [0.2, 0.25) is 0 Å². The molecule has 1 unspecified atom stereocenters. The lowest BCUT2D eigenvalue weighted by Crippen LogP contribution is -2.40. The smallest absolute Gasteiger partial charge is 0.102 e. The fourth-order valence-electron chi connectivity index (χ4n) is 1.99. The summed E-state index contributed by atoms with van der Waals surface area (Å²) in [6.07, 6.45) is 4.62. The first-order valence-electron chi connectivity index (χ1n) is 6.44. The van der Waals surface area contributed by atoms with Crippen molar-refractivity contribution in [3.63, 3.8) is 0 Å². The zero-order valence-corrected chi connectivity index (χ0v) is 11.4. The second-order valence-electron chi connectivity index (χ2n) is 6.09. The maximum absolute atomic E-state index is 10.1. The van der Waals surface area contributed by atoms with Crippen molar-refractivity contribution in [1.29, 1.82) is 0 Å². The Balaban J connectivity index is 1.82. The number of nitrogens with one attached hydrogen (secondary N) is 1. The van der Waals surface area contributed by atoms with Crippen LogP contribution in [-0.4, -0.2) is 40.2 Å². The summed E-state index contributed by atoms with van der Waals surface area (Å²) < 4.78 is 7.16.